The van der Waals surface area contributed by atoms with Crippen molar-refractivity contribution in [2.24, 2.45) is 0 Å². The Kier molecular flexibility index (Phi) is 6.22. The summed E-state index contributed by atoms with van der Waals surface area (Å²) < 4.78 is 13.5. The SMILES string of the molecule is Cc1ccc(C)c([C@H](C)NC(=O)CSCc2ccccc2F)c1. The van der Waals surface area contributed by atoms with Crippen LogP contribution in [0.2, 0.25) is 0 Å². The lowest BCUT2D eigenvalue weighted by molar-refractivity contribution is -0.119. The van der Waals surface area contributed by atoms with Gasteiger partial charge in [0.1, 0.15) is 5.82 Å². The van der Waals surface area contributed by atoms with Crippen LogP contribution in [-0.2, 0) is 10.5 Å². The van der Waals surface area contributed by atoms with Crippen molar-refractivity contribution < 1.29 is 9.18 Å². The van der Waals surface area contributed by atoms with Crippen LogP contribution >= 0.6 is 11.8 Å². The first-order valence-electron chi connectivity index (χ1n) is 7.65. The minimum absolute atomic E-state index is 0.0280. The Morgan fingerprint density at radius 3 is 2.70 bits per heavy atom. The molecule has 0 saturated heterocycles. The smallest absolute Gasteiger partial charge is 0.230 e. The zero-order valence-electron chi connectivity index (χ0n) is 13.7. The number of carbonyl (C=O) groups excluding carboxylic acids is 1. The highest BCUT2D eigenvalue weighted by Crippen LogP contribution is 2.20. The Morgan fingerprint density at radius 1 is 1.22 bits per heavy atom. The maximum atomic E-state index is 13.5. The first-order valence-corrected chi connectivity index (χ1v) is 8.80. The summed E-state index contributed by atoms with van der Waals surface area (Å²) in [5.74, 6) is 0.575. The molecule has 0 aliphatic rings. The highest BCUT2D eigenvalue weighted by Gasteiger charge is 2.12. The van der Waals surface area contributed by atoms with Gasteiger partial charge in [-0.3, -0.25) is 4.79 Å². The molecule has 2 rings (SSSR count). The summed E-state index contributed by atoms with van der Waals surface area (Å²) in [5.41, 5.74) is 4.12. The summed E-state index contributed by atoms with van der Waals surface area (Å²) in [6.07, 6.45) is 0. The van der Waals surface area contributed by atoms with Gasteiger partial charge in [-0.25, -0.2) is 4.39 Å². The van der Waals surface area contributed by atoms with Crippen molar-refractivity contribution >= 4 is 17.7 Å². The van der Waals surface area contributed by atoms with Crippen LogP contribution in [0.4, 0.5) is 4.39 Å². The van der Waals surface area contributed by atoms with E-state index in [1.54, 1.807) is 12.1 Å². The lowest BCUT2D eigenvalue weighted by atomic mass is 10.00. The Hall–Kier alpha value is -1.81. The molecule has 0 aliphatic heterocycles. The van der Waals surface area contributed by atoms with E-state index in [1.807, 2.05) is 26.8 Å². The first kappa shape index (κ1) is 17.5. The van der Waals surface area contributed by atoms with Crippen LogP contribution in [-0.4, -0.2) is 11.7 Å². The van der Waals surface area contributed by atoms with Gasteiger partial charge in [-0.2, -0.15) is 0 Å². The molecule has 23 heavy (non-hydrogen) atoms. The zero-order valence-corrected chi connectivity index (χ0v) is 14.5. The van der Waals surface area contributed by atoms with Crippen LogP contribution in [0.5, 0.6) is 0 Å². The van der Waals surface area contributed by atoms with Gasteiger partial charge in [0.05, 0.1) is 11.8 Å². The number of hydrogen-bond donors (Lipinski definition) is 1. The van der Waals surface area contributed by atoms with Crippen LogP contribution < -0.4 is 5.32 Å². The number of benzene rings is 2. The third kappa shape index (κ3) is 5.10. The number of carbonyl (C=O) groups is 1. The topological polar surface area (TPSA) is 29.1 Å². The van der Waals surface area contributed by atoms with E-state index in [2.05, 4.69) is 23.5 Å². The van der Waals surface area contributed by atoms with Crippen LogP contribution in [0, 0.1) is 19.7 Å². The molecule has 0 bridgehead atoms. The number of thioether (sulfide) groups is 1. The maximum absolute atomic E-state index is 13.5. The number of amides is 1. The molecule has 4 heteroatoms. The third-order valence-corrected chi connectivity index (χ3v) is 4.71. The number of halogens is 1. The van der Waals surface area contributed by atoms with E-state index < -0.39 is 0 Å². The third-order valence-electron chi connectivity index (χ3n) is 3.73. The minimum Gasteiger partial charge on any atom is -0.349 e. The van der Waals surface area contributed by atoms with Crippen LogP contribution in [0.25, 0.3) is 0 Å². The molecule has 2 nitrogen and oxygen atoms in total. The first-order chi connectivity index (χ1) is 11.0. The van der Waals surface area contributed by atoms with Crippen molar-refractivity contribution in [2.45, 2.75) is 32.6 Å². The molecular formula is C19H22FNOS. The fourth-order valence-electron chi connectivity index (χ4n) is 2.46. The lowest BCUT2D eigenvalue weighted by Crippen LogP contribution is -2.28. The van der Waals surface area contributed by atoms with Gasteiger partial charge in [-0.15, -0.1) is 11.8 Å². The predicted octanol–water partition coefficient (Wildman–Crippen LogP) is 4.55. The standard InChI is InChI=1S/C19H22FNOS/c1-13-8-9-14(2)17(10-13)15(3)21-19(22)12-23-11-16-6-4-5-7-18(16)20/h4-10,15H,11-12H2,1-3H3,(H,21,22)/t15-/m0/s1. The van der Waals surface area contributed by atoms with E-state index in [0.717, 1.165) is 5.56 Å². The molecule has 0 fully saturated rings. The number of rotatable bonds is 6. The zero-order chi connectivity index (χ0) is 16.8. The van der Waals surface area contributed by atoms with E-state index in [1.165, 1.54) is 29.0 Å². The highest BCUT2D eigenvalue weighted by atomic mass is 32.2. The van der Waals surface area contributed by atoms with Crippen molar-refractivity contribution in [3.05, 3.63) is 70.5 Å². The fourth-order valence-corrected chi connectivity index (χ4v) is 3.28. The predicted molar refractivity (Wildman–Crippen MR) is 95.0 cm³/mol. The molecule has 122 valence electrons. The summed E-state index contributed by atoms with van der Waals surface area (Å²) >= 11 is 1.42. The van der Waals surface area contributed by atoms with Crippen molar-refractivity contribution in [2.75, 3.05) is 5.75 Å². The lowest BCUT2D eigenvalue weighted by Gasteiger charge is -2.17. The van der Waals surface area contributed by atoms with E-state index in [9.17, 15) is 9.18 Å². The van der Waals surface area contributed by atoms with Crippen LogP contribution in [0.3, 0.4) is 0 Å². The second kappa shape index (κ2) is 8.16. The van der Waals surface area contributed by atoms with E-state index >= 15 is 0 Å². The molecule has 0 heterocycles. The van der Waals surface area contributed by atoms with Gasteiger partial charge in [0.15, 0.2) is 0 Å². The molecule has 0 aromatic heterocycles. The number of hydrogen-bond acceptors (Lipinski definition) is 2. The van der Waals surface area contributed by atoms with Gasteiger partial charge in [-0.05, 0) is 43.5 Å². The highest BCUT2D eigenvalue weighted by molar-refractivity contribution is 7.99. The van der Waals surface area contributed by atoms with Crippen molar-refractivity contribution in [1.82, 2.24) is 5.32 Å². The van der Waals surface area contributed by atoms with Gasteiger partial charge in [0.2, 0.25) is 5.91 Å². The number of nitrogens with one attached hydrogen (secondary N) is 1. The van der Waals surface area contributed by atoms with Gasteiger partial charge < -0.3 is 5.32 Å². The van der Waals surface area contributed by atoms with Gasteiger partial charge in [0, 0.05) is 5.75 Å². The molecular weight excluding hydrogens is 309 g/mol. The summed E-state index contributed by atoms with van der Waals surface area (Å²) in [6, 6.07) is 12.9. The molecule has 0 aliphatic carbocycles. The second-order valence-corrected chi connectivity index (χ2v) is 6.72. The minimum atomic E-state index is -0.218. The molecule has 0 unspecified atom stereocenters. The second-order valence-electron chi connectivity index (χ2n) is 5.73. The van der Waals surface area contributed by atoms with Gasteiger partial charge in [-0.1, -0.05) is 42.0 Å². The average Bonchev–Trinajstić information content (AvgIpc) is 2.51. The van der Waals surface area contributed by atoms with Gasteiger partial charge >= 0.3 is 0 Å². The summed E-state index contributed by atoms with van der Waals surface area (Å²) in [4.78, 5) is 12.1. The molecule has 1 N–H and O–H groups in total. The summed E-state index contributed by atoms with van der Waals surface area (Å²) in [6.45, 7) is 6.08. The van der Waals surface area contributed by atoms with Crippen molar-refractivity contribution in [3.63, 3.8) is 0 Å². The molecule has 1 amide bonds. The van der Waals surface area contributed by atoms with E-state index in [-0.39, 0.29) is 17.8 Å². The van der Waals surface area contributed by atoms with Crippen molar-refractivity contribution in [3.8, 4) is 0 Å². The van der Waals surface area contributed by atoms with Gasteiger partial charge in [0.25, 0.3) is 0 Å². The van der Waals surface area contributed by atoms with E-state index in [0.29, 0.717) is 17.1 Å². The molecule has 2 aromatic rings. The quantitative estimate of drug-likeness (QED) is 0.841. The summed E-state index contributed by atoms with van der Waals surface area (Å²) in [7, 11) is 0. The Balaban J connectivity index is 1.85. The average molecular weight is 331 g/mol. The summed E-state index contributed by atoms with van der Waals surface area (Å²) in [5, 5.41) is 3.01. The Labute approximate surface area is 141 Å². The maximum Gasteiger partial charge on any atom is 0.230 e. The Bertz CT molecular complexity index is 687. The molecule has 0 radical (unpaired) electrons. The molecule has 2 aromatic carbocycles. The number of aryl methyl sites for hydroxylation is 2. The van der Waals surface area contributed by atoms with Crippen LogP contribution in [0.1, 0.15) is 35.2 Å². The van der Waals surface area contributed by atoms with Crippen LogP contribution in [0.15, 0.2) is 42.5 Å². The Morgan fingerprint density at radius 2 is 1.96 bits per heavy atom. The molecule has 0 spiro atoms. The normalized spacial score (nSPS) is 12.0. The van der Waals surface area contributed by atoms with E-state index in [4.69, 9.17) is 0 Å². The monoisotopic (exact) mass is 331 g/mol. The molecule has 0 saturated carbocycles. The van der Waals surface area contributed by atoms with Crippen molar-refractivity contribution in [1.29, 1.82) is 0 Å². The fraction of sp³-hybridized carbons (Fsp3) is 0.316. The molecule has 1 atom stereocenters. The largest absolute Gasteiger partial charge is 0.349 e.